The van der Waals surface area contributed by atoms with Crippen molar-refractivity contribution in [2.45, 2.75) is 51.4 Å². The Labute approximate surface area is 173 Å². The second-order valence-corrected chi connectivity index (χ2v) is 6.62. The van der Waals surface area contributed by atoms with Crippen LogP contribution in [-0.2, 0) is 4.74 Å². The molecule has 2 N–H and O–H groups in total. The second-order valence-electron chi connectivity index (χ2n) is 6.62. The molecule has 0 aliphatic heterocycles. The van der Waals surface area contributed by atoms with Crippen molar-refractivity contribution >= 4 is 17.3 Å². The molecule has 30 heavy (non-hydrogen) atoms. The summed E-state index contributed by atoms with van der Waals surface area (Å²) in [5.41, 5.74) is -1.64. The lowest BCUT2D eigenvalue weighted by Crippen LogP contribution is -2.10. The Morgan fingerprint density at radius 2 is 1.27 bits per heavy atom. The largest absolute Gasteiger partial charge is 0.482 e. The summed E-state index contributed by atoms with van der Waals surface area (Å²) < 4.78 is 10.4. The van der Waals surface area contributed by atoms with Crippen molar-refractivity contribution in [3.05, 3.63) is 37.9 Å². The minimum atomic E-state index is -0.890. The van der Waals surface area contributed by atoms with Crippen molar-refractivity contribution in [3.8, 4) is 5.75 Å². The topological polar surface area (TPSA) is 162 Å². The number of ether oxygens (including phenoxy) is 2. The van der Waals surface area contributed by atoms with E-state index in [1.165, 1.54) is 0 Å². The molecule has 0 spiro atoms. The average Bonchev–Trinajstić information content (AvgIpc) is 2.72. The van der Waals surface area contributed by atoms with Crippen molar-refractivity contribution in [3.63, 3.8) is 0 Å². The molecule has 11 nitrogen and oxygen atoms in total. The van der Waals surface area contributed by atoms with Crippen LogP contribution in [0.3, 0.4) is 0 Å². The predicted molar refractivity (Wildman–Crippen MR) is 107 cm³/mol. The van der Waals surface area contributed by atoms with Crippen LogP contribution in [-0.4, -0.2) is 52.5 Å². The summed E-state index contributed by atoms with van der Waals surface area (Å²) in [5, 5.41) is 40.3. The zero-order valence-corrected chi connectivity index (χ0v) is 16.8. The highest BCUT2D eigenvalue weighted by molar-refractivity contribution is 5.92. The molecule has 0 unspecified atom stereocenters. The number of nitro benzene ring substituents is 2. The van der Waals surface area contributed by atoms with Crippen molar-refractivity contribution in [2.75, 3.05) is 26.4 Å². The monoisotopic (exact) mass is 428 g/mol. The first-order chi connectivity index (χ1) is 14.4. The molecule has 0 aliphatic carbocycles. The van der Waals surface area contributed by atoms with Crippen LogP contribution in [0.15, 0.2) is 12.1 Å². The Hall–Kier alpha value is -2.79. The molecular weight excluding hydrogens is 400 g/mol. The van der Waals surface area contributed by atoms with Gasteiger partial charge in [0, 0.05) is 25.3 Å². The third-order valence-electron chi connectivity index (χ3n) is 4.26. The van der Waals surface area contributed by atoms with Gasteiger partial charge in [-0.1, -0.05) is 12.8 Å². The number of esters is 1. The third-order valence-corrected chi connectivity index (χ3v) is 4.26. The first-order valence-corrected chi connectivity index (χ1v) is 9.90. The van der Waals surface area contributed by atoms with E-state index in [-0.39, 0.29) is 32.0 Å². The van der Waals surface area contributed by atoms with Crippen LogP contribution in [0, 0.1) is 20.2 Å². The fourth-order valence-electron chi connectivity index (χ4n) is 2.69. The van der Waals surface area contributed by atoms with Gasteiger partial charge in [0.05, 0.1) is 28.6 Å². The minimum Gasteiger partial charge on any atom is -0.482 e. The van der Waals surface area contributed by atoms with E-state index >= 15 is 0 Å². The van der Waals surface area contributed by atoms with Crippen molar-refractivity contribution in [1.29, 1.82) is 0 Å². The number of unbranched alkanes of at least 4 members (excludes halogenated alkanes) is 6. The van der Waals surface area contributed by atoms with Gasteiger partial charge in [0.25, 0.3) is 5.75 Å². The summed E-state index contributed by atoms with van der Waals surface area (Å²) in [6, 6.07) is 1.84. The number of carbonyl (C=O) groups is 1. The maximum absolute atomic E-state index is 12.2. The molecule has 0 saturated heterocycles. The van der Waals surface area contributed by atoms with Crippen LogP contribution in [0.5, 0.6) is 5.75 Å². The summed E-state index contributed by atoms with van der Waals surface area (Å²) in [6.07, 6.45) is 5.28. The number of rotatable bonds is 16. The standard InChI is InChI=1S/C19H28N2O9/c22-9-5-1-3-7-11-29-18-16(20(25)26)13-15(14-17(18)21(27)28)19(24)30-12-8-4-2-6-10-23/h13-14,22-23H,1-12H2. The van der Waals surface area contributed by atoms with Gasteiger partial charge in [0.15, 0.2) is 0 Å². The molecular formula is C19H28N2O9. The number of benzene rings is 1. The van der Waals surface area contributed by atoms with Crippen LogP contribution in [0.25, 0.3) is 0 Å². The van der Waals surface area contributed by atoms with E-state index in [0.29, 0.717) is 32.1 Å². The van der Waals surface area contributed by atoms with Gasteiger partial charge >= 0.3 is 17.3 Å². The summed E-state index contributed by atoms with van der Waals surface area (Å²) in [7, 11) is 0. The Morgan fingerprint density at radius 3 is 1.73 bits per heavy atom. The fraction of sp³-hybridized carbons (Fsp3) is 0.632. The first kappa shape index (κ1) is 25.2. The molecule has 0 aromatic heterocycles. The lowest BCUT2D eigenvalue weighted by Gasteiger charge is -2.09. The van der Waals surface area contributed by atoms with Gasteiger partial charge in [-0.25, -0.2) is 4.79 Å². The molecule has 0 radical (unpaired) electrons. The van der Waals surface area contributed by atoms with Crippen molar-refractivity contribution < 1.29 is 34.3 Å². The molecule has 0 aliphatic rings. The van der Waals surface area contributed by atoms with Gasteiger partial charge in [0.1, 0.15) is 0 Å². The summed E-state index contributed by atoms with van der Waals surface area (Å²) in [4.78, 5) is 33.3. The van der Waals surface area contributed by atoms with Gasteiger partial charge in [-0.15, -0.1) is 0 Å². The molecule has 1 aromatic carbocycles. The number of hydrogen-bond acceptors (Lipinski definition) is 9. The smallest absolute Gasteiger partial charge is 0.338 e. The molecule has 1 aromatic rings. The van der Waals surface area contributed by atoms with Crippen LogP contribution in [0.4, 0.5) is 11.4 Å². The maximum atomic E-state index is 12.2. The Kier molecular flexibility index (Phi) is 12.0. The molecule has 11 heteroatoms. The molecule has 0 heterocycles. The van der Waals surface area contributed by atoms with E-state index in [0.717, 1.165) is 31.4 Å². The Balaban J connectivity index is 2.86. The normalized spacial score (nSPS) is 10.6. The van der Waals surface area contributed by atoms with E-state index in [1.54, 1.807) is 0 Å². The number of aliphatic hydroxyl groups excluding tert-OH is 2. The summed E-state index contributed by atoms with van der Waals surface area (Å²) >= 11 is 0. The highest BCUT2D eigenvalue weighted by Crippen LogP contribution is 2.38. The van der Waals surface area contributed by atoms with Crippen molar-refractivity contribution in [2.24, 2.45) is 0 Å². The SMILES string of the molecule is O=C(OCCCCCCO)c1cc([N+](=O)[O-])c(OCCCCCCO)c([N+](=O)[O-])c1. The van der Waals surface area contributed by atoms with Gasteiger partial charge in [-0.05, 0) is 38.5 Å². The van der Waals surface area contributed by atoms with Crippen LogP contribution in [0.2, 0.25) is 0 Å². The molecule has 1 rings (SSSR count). The Bertz CT molecular complexity index is 674. The van der Waals surface area contributed by atoms with Crippen LogP contribution in [0.1, 0.15) is 61.7 Å². The molecule has 0 bridgehead atoms. The van der Waals surface area contributed by atoms with E-state index in [1.807, 2.05) is 0 Å². The zero-order chi connectivity index (χ0) is 22.4. The molecule has 0 saturated carbocycles. The highest BCUT2D eigenvalue weighted by atomic mass is 16.6. The van der Waals surface area contributed by atoms with E-state index in [9.17, 15) is 25.0 Å². The highest BCUT2D eigenvalue weighted by Gasteiger charge is 2.30. The number of nitrogens with zero attached hydrogens (tertiary/aromatic N) is 2. The quantitative estimate of drug-likeness (QED) is 0.174. The molecule has 168 valence electrons. The molecule has 0 amide bonds. The van der Waals surface area contributed by atoms with Gasteiger partial charge < -0.3 is 19.7 Å². The van der Waals surface area contributed by atoms with E-state index in [4.69, 9.17) is 19.7 Å². The average molecular weight is 428 g/mol. The van der Waals surface area contributed by atoms with Crippen LogP contribution < -0.4 is 4.74 Å². The third kappa shape index (κ3) is 8.70. The second kappa shape index (κ2) is 14.2. The number of nitro groups is 2. The lowest BCUT2D eigenvalue weighted by atomic mass is 10.1. The fourth-order valence-corrected chi connectivity index (χ4v) is 2.69. The molecule has 0 atom stereocenters. The maximum Gasteiger partial charge on any atom is 0.338 e. The van der Waals surface area contributed by atoms with E-state index < -0.39 is 32.9 Å². The minimum absolute atomic E-state index is 0.0325. The van der Waals surface area contributed by atoms with Crippen molar-refractivity contribution in [1.82, 2.24) is 0 Å². The first-order valence-electron chi connectivity index (χ1n) is 9.90. The summed E-state index contributed by atoms with van der Waals surface area (Å²) in [6.45, 7) is 0.255. The molecule has 0 fully saturated rings. The van der Waals surface area contributed by atoms with Gasteiger partial charge in [0.2, 0.25) is 0 Å². The number of carbonyl (C=O) groups excluding carboxylic acids is 1. The van der Waals surface area contributed by atoms with Gasteiger partial charge in [-0.3, -0.25) is 20.2 Å². The predicted octanol–water partition coefficient (Wildman–Crippen LogP) is 3.14. The van der Waals surface area contributed by atoms with E-state index in [2.05, 4.69) is 0 Å². The number of aliphatic hydroxyl groups is 2. The van der Waals surface area contributed by atoms with Gasteiger partial charge in [-0.2, -0.15) is 0 Å². The number of hydrogen-bond donors (Lipinski definition) is 2. The lowest BCUT2D eigenvalue weighted by molar-refractivity contribution is -0.396. The Morgan fingerprint density at radius 1 is 0.800 bits per heavy atom. The summed E-state index contributed by atoms with van der Waals surface area (Å²) in [5.74, 6) is -1.38. The zero-order valence-electron chi connectivity index (χ0n) is 16.8. The van der Waals surface area contributed by atoms with Crippen LogP contribution >= 0.6 is 0 Å².